The summed E-state index contributed by atoms with van der Waals surface area (Å²) in [5.74, 6) is 1.21. The van der Waals surface area contributed by atoms with Crippen LogP contribution in [0.25, 0.3) is 0 Å². The minimum Gasteiger partial charge on any atom is -0.381 e. The van der Waals surface area contributed by atoms with E-state index in [1.807, 2.05) is 0 Å². The minimum absolute atomic E-state index is 0.193. The fourth-order valence-corrected chi connectivity index (χ4v) is 4.57. The molecule has 24 heavy (non-hydrogen) atoms. The number of carbonyl (C=O) groups excluding carboxylic acids is 1. The molecule has 0 spiro atoms. The lowest BCUT2D eigenvalue weighted by Gasteiger charge is -2.36. The Morgan fingerprint density at radius 1 is 1.00 bits per heavy atom. The van der Waals surface area contributed by atoms with Crippen LogP contribution in [0.5, 0.6) is 0 Å². The van der Waals surface area contributed by atoms with Crippen molar-refractivity contribution in [3.8, 4) is 0 Å². The van der Waals surface area contributed by atoms with Gasteiger partial charge in [0, 0.05) is 51.4 Å². The number of hydrogen-bond acceptors (Lipinski definition) is 3. The van der Waals surface area contributed by atoms with Crippen LogP contribution in [0.15, 0.2) is 30.3 Å². The second-order valence-corrected chi connectivity index (χ2v) is 7.64. The number of piperidine rings is 1. The van der Waals surface area contributed by atoms with E-state index in [2.05, 4.69) is 40.1 Å². The number of rotatable bonds is 3. The highest BCUT2D eigenvalue weighted by Gasteiger charge is 2.38. The number of ether oxygens (including phenoxy) is 1. The molecule has 0 aromatic heterocycles. The van der Waals surface area contributed by atoms with E-state index in [1.54, 1.807) is 0 Å². The summed E-state index contributed by atoms with van der Waals surface area (Å²) in [6.07, 6.45) is 4.30. The van der Waals surface area contributed by atoms with Crippen molar-refractivity contribution >= 4 is 5.91 Å². The highest BCUT2D eigenvalue weighted by Crippen LogP contribution is 2.30. The summed E-state index contributed by atoms with van der Waals surface area (Å²) < 4.78 is 5.42. The molecule has 2 atom stereocenters. The summed E-state index contributed by atoms with van der Waals surface area (Å²) in [7, 11) is 0. The quantitative estimate of drug-likeness (QED) is 0.855. The SMILES string of the molecule is O=C(C1CCOCC1)N1C[C@H]2CC[C@@H](C1)N(Cc1ccccc1)C2. The third-order valence-electron chi connectivity index (χ3n) is 5.94. The summed E-state index contributed by atoms with van der Waals surface area (Å²) in [4.78, 5) is 17.7. The minimum atomic E-state index is 0.193. The van der Waals surface area contributed by atoms with Gasteiger partial charge < -0.3 is 9.64 Å². The van der Waals surface area contributed by atoms with Crippen LogP contribution < -0.4 is 0 Å². The summed E-state index contributed by atoms with van der Waals surface area (Å²) >= 11 is 0. The fraction of sp³-hybridized carbons (Fsp3) is 0.650. The molecule has 1 amide bonds. The molecule has 4 aliphatic heterocycles. The third-order valence-corrected chi connectivity index (χ3v) is 5.94. The largest absolute Gasteiger partial charge is 0.381 e. The second kappa shape index (κ2) is 7.24. The maximum atomic E-state index is 12.9. The molecule has 4 heteroatoms. The summed E-state index contributed by atoms with van der Waals surface area (Å²) in [5, 5.41) is 0. The van der Waals surface area contributed by atoms with Crippen LogP contribution in [0.3, 0.4) is 0 Å². The summed E-state index contributed by atoms with van der Waals surface area (Å²) in [6.45, 7) is 5.52. The molecular formula is C20H28N2O2. The molecule has 0 N–H and O–H groups in total. The van der Waals surface area contributed by atoms with Gasteiger partial charge in [-0.2, -0.15) is 0 Å². The van der Waals surface area contributed by atoms with Crippen molar-refractivity contribution in [2.45, 2.75) is 38.3 Å². The number of carbonyl (C=O) groups is 1. The van der Waals surface area contributed by atoms with E-state index >= 15 is 0 Å². The van der Waals surface area contributed by atoms with Crippen LogP contribution in [0.2, 0.25) is 0 Å². The number of fused-ring (bicyclic) bond motifs is 4. The topological polar surface area (TPSA) is 32.8 Å². The van der Waals surface area contributed by atoms with Crippen molar-refractivity contribution in [2.75, 3.05) is 32.8 Å². The van der Waals surface area contributed by atoms with E-state index in [1.165, 1.54) is 18.4 Å². The molecule has 4 nitrogen and oxygen atoms in total. The molecule has 1 aromatic rings. The molecular weight excluding hydrogens is 300 g/mol. The lowest BCUT2D eigenvalue weighted by molar-refractivity contribution is -0.138. The maximum Gasteiger partial charge on any atom is 0.225 e. The molecule has 0 aliphatic carbocycles. The van der Waals surface area contributed by atoms with Gasteiger partial charge in [-0.1, -0.05) is 30.3 Å². The fourth-order valence-electron chi connectivity index (χ4n) is 4.57. The van der Waals surface area contributed by atoms with Crippen molar-refractivity contribution in [3.05, 3.63) is 35.9 Å². The molecule has 4 heterocycles. The van der Waals surface area contributed by atoms with Crippen LogP contribution >= 0.6 is 0 Å². The van der Waals surface area contributed by atoms with E-state index in [-0.39, 0.29) is 5.92 Å². The maximum absolute atomic E-state index is 12.9. The van der Waals surface area contributed by atoms with Gasteiger partial charge in [-0.3, -0.25) is 9.69 Å². The Morgan fingerprint density at radius 3 is 2.58 bits per heavy atom. The van der Waals surface area contributed by atoms with Crippen molar-refractivity contribution in [1.82, 2.24) is 9.80 Å². The van der Waals surface area contributed by atoms with Crippen molar-refractivity contribution in [1.29, 1.82) is 0 Å². The highest BCUT2D eigenvalue weighted by atomic mass is 16.5. The van der Waals surface area contributed by atoms with Crippen molar-refractivity contribution in [3.63, 3.8) is 0 Å². The molecule has 1 aromatic carbocycles. The lowest BCUT2D eigenvalue weighted by Crippen LogP contribution is -2.45. The second-order valence-electron chi connectivity index (χ2n) is 7.64. The van der Waals surface area contributed by atoms with Crippen LogP contribution in [-0.4, -0.2) is 54.6 Å². The zero-order chi connectivity index (χ0) is 16.4. The average molecular weight is 328 g/mol. The normalized spacial score (nSPS) is 28.8. The smallest absolute Gasteiger partial charge is 0.225 e. The zero-order valence-electron chi connectivity index (χ0n) is 14.4. The Labute approximate surface area is 144 Å². The predicted octanol–water partition coefficient (Wildman–Crippen LogP) is 2.54. The molecule has 4 aliphatic rings. The van der Waals surface area contributed by atoms with Crippen molar-refractivity contribution in [2.24, 2.45) is 11.8 Å². The number of hydrogen-bond donors (Lipinski definition) is 0. The molecule has 4 saturated heterocycles. The molecule has 0 radical (unpaired) electrons. The first-order valence-corrected chi connectivity index (χ1v) is 9.44. The van der Waals surface area contributed by atoms with Crippen molar-refractivity contribution < 1.29 is 9.53 Å². The number of amides is 1. The van der Waals surface area contributed by atoms with E-state index in [9.17, 15) is 4.79 Å². The zero-order valence-corrected chi connectivity index (χ0v) is 14.4. The number of benzene rings is 1. The van der Waals surface area contributed by atoms with Gasteiger partial charge in [-0.15, -0.1) is 0 Å². The van der Waals surface area contributed by atoms with E-state index in [0.717, 1.165) is 52.2 Å². The Balaban J connectivity index is 1.43. The first-order chi connectivity index (χ1) is 11.8. The van der Waals surface area contributed by atoms with E-state index < -0.39 is 0 Å². The van der Waals surface area contributed by atoms with Gasteiger partial charge in [0.15, 0.2) is 0 Å². The Morgan fingerprint density at radius 2 is 1.79 bits per heavy atom. The average Bonchev–Trinajstić information content (AvgIpc) is 2.94. The standard InChI is InChI=1S/C20H28N2O2/c23-20(18-8-10-24-11-9-18)22-14-17-6-7-19(15-22)21(13-17)12-16-4-2-1-3-5-16/h1-5,17-19H,6-15H2/t17-,19-/m0/s1. The van der Waals surface area contributed by atoms with Crippen LogP contribution in [-0.2, 0) is 16.1 Å². The van der Waals surface area contributed by atoms with E-state index in [4.69, 9.17) is 4.74 Å². The van der Waals surface area contributed by atoms with Gasteiger partial charge in [-0.25, -0.2) is 0 Å². The molecule has 4 fully saturated rings. The van der Waals surface area contributed by atoms with Gasteiger partial charge in [0.1, 0.15) is 0 Å². The lowest BCUT2D eigenvalue weighted by atomic mass is 9.94. The van der Waals surface area contributed by atoms with Crippen LogP contribution in [0.4, 0.5) is 0 Å². The highest BCUT2D eigenvalue weighted by molar-refractivity contribution is 5.79. The van der Waals surface area contributed by atoms with Gasteiger partial charge >= 0.3 is 0 Å². The van der Waals surface area contributed by atoms with Crippen LogP contribution in [0, 0.1) is 11.8 Å². The molecule has 2 bridgehead atoms. The summed E-state index contributed by atoms with van der Waals surface area (Å²) in [6, 6.07) is 11.3. The Bertz CT molecular complexity index is 556. The molecule has 130 valence electrons. The van der Waals surface area contributed by atoms with Gasteiger partial charge in [-0.05, 0) is 37.2 Å². The Hall–Kier alpha value is -1.39. The molecule has 0 unspecified atom stereocenters. The first-order valence-electron chi connectivity index (χ1n) is 9.44. The summed E-state index contributed by atoms with van der Waals surface area (Å²) in [5.41, 5.74) is 1.38. The van der Waals surface area contributed by atoms with Crippen LogP contribution in [0.1, 0.15) is 31.2 Å². The third kappa shape index (κ3) is 3.50. The van der Waals surface area contributed by atoms with E-state index in [0.29, 0.717) is 17.9 Å². The van der Waals surface area contributed by atoms with Gasteiger partial charge in [0.05, 0.1) is 0 Å². The van der Waals surface area contributed by atoms with Gasteiger partial charge in [0.2, 0.25) is 5.91 Å². The number of nitrogens with zero attached hydrogens (tertiary/aromatic N) is 2. The van der Waals surface area contributed by atoms with Gasteiger partial charge in [0.25, 0.3) is 0 Å². The Kier molecular flexibility index (Phi) is 4.86. The molecule has 0 saturated carbocycles. The predicted molar refractivity (Wildman–Crippen MR) is 93.5 cm³/mol. The molecule has 5 rings (SSSR count). The monoisotopic (exact) mass is 328 g/mol. The first kappa shape index (κ1) is 16.1.